The average molecular weight is 178 g/mol. The van der Waals surface area contributed by atoms with Crippen molar-refractivity contribution in [3.8, 4) is 5.75 Å². The normalized spacial score (nSPS) is 18.5. The highest BCUT2D eigenvalue weighted by Gasteiger charge is 2.31. The topological polar surface area (TPSA) is 40.5 Å². The van der Waals surface area contributed by atoms with Gasteiger partial charge >= 0.3 is 0 Å². The molecule has 0 radical (unpaired) electrons. The van der Waals surface area contributed by atoms with E-state index in [1.54, 1.807) is 12.1 Å². The Morgan fingerprint density at radius 2 is 2.15 bits per heavy atom. The van der Waals surface area contributed by atoms with Crippen LogP contribution in [0.4, 0.5) is 0 Å². The van der Waals surface area contributed by atoms with Crippen molar-refractivity contribution in [3.05, 3.63) is 29.8 Å². The molecule has 0 amide bonds. The van der Waals surface area contributed by atoms with Crippen LogP contribution in [0.3, 0.4) is 0 Å². The van der Waals surface area contributed by atoms with E-state index in [-0.39, 0.29) is 18.3 Å². The first-order valence-corrected chi connectivity index (χ1v) is 4.71. The zero-order chi connectivity index (χ0) is 9.26. The minimum absolute atomic E-state index is 0.189. The first-order valence-electron chi connectivity index (χ1n) is 4.71. The Morgan fingerprint density at radius 3 is 2.69 bits per heavy atom. The third-order valence-corrected chi connectivity index (χ3v) is 2.69. The van der Waals surface area contributed by atoms with E-state index in [0.29, 0.717) is 5.92 Å². The molecule has 2 nitrogen and oxygen atoms in total. The smallest absolute Gasteiger partial charge is 0.115 e. The first-order chi connectivity index (χ1) is 6.31. The number of benzene rings is 1. The fraction of sp³-hybridized carbons (Fsp3) is 0.455. The lowest BCUT2D eigenvalue weighted by Crippen LogP contribution is -2.05. The van der Waals surface area contributed by atoms with Gasteiger partial charge in [0, 0.05) is 5.92 Å². The van der Waals surface area contributed by atoms with Gasteiger partial charge in [0.25, 0.3) is 0 Å². The number of phenols is 1. The summed E-state index contributed by atoms with van der Waals surface area (Å²) >= 11 is 0. The van der Waals surface area contributed by atoms with E-state index in [0.717, 1.165) is 5.56 Å². The molecule has 0 saturated heterocycles. The lowest BCUT2D eigenvalue weighted by atomic mass is 9.95. The molecule has 1 saturated carbocycles. The van der Waals surface area contributed by atoms with Gasteiger partial charge in [0.15, 0.2) is 0 Å². The molecule has 0 aromatic heterocycles. The van der Waals surface area contributed by atoms with E-state index in [1.165, 1.54) is 12.8 Å². The Hall–Kier alpha value is -1.02. The highest BCUT2D eigenvalue weighted by Crippen LogP contribution is 2.42. The standard InChI is InChI=1S/C11H14O2/c12-7-11(8-4-5-8)9-2-1-3-10(13)6-9/h1-3,6,8,11-13H,4-5,7H2. The van der Waals surface area contributed by atoms with Crippen molar-refractivity contribution in [3.63, 3.8) is 0 Å². The van der Waals surface area contributed by atoms with E-state index in [4.69, 9.17) is 0 Å². The second-order valence-corrected chi connectivity index (χ2v) is 3.72. The van der Waals surface area contributed by atoms with Crippen molar-refractivity contribution in [2.24, 2.45) is 5.92 Å². The summed E-state index contributed by atoms with van der Waals surface area (Å²) in [4.78, 5) is 0. The van der Waals surface area contributed by atoms with Crippen molar-refractivity contribution >= 4 is 0 Å². The van der Waals surface area contributed by atoms with E-state index in [9.17, 15) is 10.2 Å². The molecular weight excluding hydrogens is 164 g/mol. The fourth-order valence-corrected chi connectivity index (χ4v) is 1.78. The van der Waals surface area contributed by atoms with Gasteiger partial charge in [0.1, 0.15) is 5.75 Å². The fourth-order valence-electron chi connectivity index (χ4n) is 1.78. The van der Waals surface area contributed by atoms with Gasteiger partial charge < -0.3 is 10.2 Å². The predicted octanol–water partition coefficient (Wildman–Crippen LogP) is 1.88. The number of hydrogen-bond donors (Lipinski definition) is 2. The Kier molecular flexibility index (Phi) is 2.23. The zero-order valence-electron chi connectivity index (χ0n) is 7.48. The van der Waals surface area contributed by atoms with Gasteiger partial charge in [-0.1, -0.05) is 12.1 Å². The highest BCUT2D eigenvalue weighted by molar-refractivity contribution is 5.30. The van der Waals surface area contributed by atoms with Crippen LogP contribution in [0.25, 0.3) is 0 Å². The molecule has 0 spiro atoms. The maximum absolute atomic E-state index is 9.28. The molecule has 0 heterocycles. The van der Waals surface area contributed by atoms with Crippen LogP contribution in [-0.4, -0.2) is 16.8 Å². The van der Waals surface area contributed by atoms with Crippen LogP contribution in [0.15, 0.2) is 24.3 Å². The summed E-state index contributed by atoms with van der Waals surface area (Å²) in [6.45, 7) is 0.189. The Balaban J connectivity index is 2.21. The van der Waals surface area contributed by atoms with E-state index in [2.05, 4.69) is 0 Å². The van der Waals surface area contributed by atoms with Crippen LogP contribution >= 0.6 is 0 Å². The van der Waals surface area contributed by atoms with Crippen LogP contribution in [0.5, 0.6) is 5.75 Å². The van der Waals surface area contributed by atoms with Crippen molar-refractivity contribution in [2.45, 2.75) is 18.8 Å². The second-order valence-electron chi connectivity index (χ2n) is 3.72. The van der Waals surface area contributed by atoms with Crippen molar-refractivity contribution in [2.75, 3.05) is 6.61 Å². The average Bonchev–Trinajstić information content (AvgIpc) is 2.90. The summed E-state index contributed by atoms with van der Waals surface area (Å²) in [5.41, 5.74) is 1.06. The molecule has 1 fully saturated rings. The lowest BCUT2D eigenvalue weighted by molar-refractivity contribution is 0.253. The molecule has 1 aliphatic rings. The van der Waals surface area contributed by atoms with Gasteiger partial charge in [-0.15, -0.1) is 0 Å². The first kappa shape index (κ1) is 8.57. The monoisotopic (exact) mass is 178 g/mol. The lowest BCUT2D eigenvalue weighted by Gasteiger charge is -2.13. The number of phenolic OH excluding ortho intramolecular Hbond substituents is 1. The van der Waals surface area contributed by atoms with Crippen molar-refractivity contribution in [1.29, 1.82) is 0 Å². The summed E-state index contributed by atoms with van der Waals surface area (Å²) in [7, 11) is 0. The SMILES string of the molecule is OCC(c1cccc(O)c1)C1CC1. The van der Waals surface area contributed by atoms with Gasteiger partial charge in [0.2, 0.25) is 0 Å². The summed E-state index contributed by atoms with van der Waals surface area (Å²) in [6.07, 6.45) is 2.42. The van der Waals surface area contributed by atoms with Gasteiger partial charge in [-0.3, -0.25) is 0 Å². The van der Waals surface area contributed by atoms with Gasteiger partial charge in [-0.25, -0.2) is 0 Å². The molecular formula is C11H14O2. The third kappa shape index (κ3) is 1.83. The molecule has 1 unspecified atom stereocenters. The third-order valence-electron chi connectivity index (χ3n) is 2.69. The summed E-state index contributed by atoms with van der Waals surface area (Å²) in [5, 5.41) is 18.5. The number of aromatic hydroxyl groups is 1. The minimum atomic E-state index is 0.189. The molecule has 2 rings (SSSR count). The maximum atomic E-state index is 9.28. The van der Waals surface area contributed by atoms with Crippen LogP contribution in [0.1, 0.15) is 24.3 Å². The van der Waals surface area contributed by atoms with Crippen molar-refractivity contribution < 1.29 is 10.2 Å². The zero-order valence-corrected chi connectivity index (χ0v) is 7.48. The summed E-state index contributed by atoms with van der Waals surface area (Å²) < 4.78 is 0. The number of rotatable bonds is 3. The highest BCUT2D eigenvalue weighted by atomic mass is 16.3. The van der Waals surface area contributed by atoms with Crippen LogP contribution < -0.4 is 0 Å². The minimum Gasteiger partial charge on any atom is -0.508 e. The summed E-state index contributed by atoms with van der Waals surface area (Å²) in [5.74, 6) is 1.15. The molecule has 1 aliphatic carbocycles. The summed E-state index contributed by atoms with van der Waals surface area (Å²) in [6, 6.07) is 7.21. The van der Waals surface area contributed by atoms with Crippen LogP contribution in [0, 0.1) is 5.92 Å². The molecule has 1 aromatic rings. The van der Waals surface area contributed by atoms with Crippen molar-refractivity contribution in [1.82, 2.24) is 0 Å². The van der Waals surface area contributed by atoms with Gasteiger partial charge in [0.05, 0.1) is 6.61 Å². The molecule has 2 N–H and O–H groups in total. The molecule has 0 aliphatic heterocycles. The molecule has 0 bridgehead atoms. The second kappa shape index (κ2) is 3.38. The largest absolute Gasteiger partial charge is 0.508 e. The Morgan fingerprint density at radius 1 is 1.38 bits per heavy atom. The van der Waals surface area contributed by atoms with Crippen LogP contribution in [0.2, 0.25) is 0 Å². The Bertz CT molecular complexity index is 292. The van der Waals surface area contributed by atoms with E-state index >= 15 is 0 Å². The van der Waals surface area contributed by atoms with Crippen LogP contribution in [-0.2, 0) is 0 Å². The molecule has 1 atom stereocenters. The molecule has 2 heteroatoms. The molecule has 13 heavy (non-hydrogen) atoms. The van der Waals surface area contributed by atoms with Gasteiger partial charge in [-0.05, 0) is 36.5 Å². The Labute approximate surface area is 77.8 Å². The predicted molar refractivity (Wildman–Crippen MR) is 50.7 cm³/mol. The van der Waals surface area contributed by atoms with Gasteiger partial charge in [-0.2, -0.15) is 0 Å². The number of aliphatic hydroxyl groups is 1. The van der Waals surface area contributed by atoms with E-state index in [1.807, 2.05) is 12.1 Å². The number of aliphatic hydroxyl groups excluding tert-OH is 1. The molecule has 70 valence electrons. The quantitative estimate of drug-likeness (QED) is 0.741. The number of hydrogen-bond acceptors (Lipinski definition) is 2. The molecule has 1 aromatic carbocycles. The maximum Gasteiger partial charge on any atom is 0.115 e. The van der Waals surface area contributed by atoms with E-state index < -0.39 is 0 Å².